The Hall–Kier alpha value is -3.26. The van der Waals surface area contributed by atoms with Gasteiger partial charge in [0.05, 0.1) is 23.4 Å². The normalized spacial score (nSPS) is 15.5. The number of nitrogens with zero attached hydrogens (tertiary/aromatic N) is 5. The fraction of sp³-hybridized carbons (Fsp3) is 0.333. The first kappa shape index (κ1) is 21.6. The Morgan fingerprint density at radius 1 is 1.15 bits per heavy atom. The zero-order valence-corrected chi connectivity index (χ0v) is 19.0. The summed E-state index contributed by atoms with van der Waals surface area (Å²) in [6.07, 6.45) is 4.32. The first-order valence-electron chi connectivity index (χ1n) is 11.0. The molecule has 2 aliphatic rings. The molecule has 0 atom stereocenters. The van der Waals surface area contributed by atoms with Crippen LogP contribution in [0.1, 0.15) is 40.0 Å². The number of hydrogen-bond donors (Lipinski definition) is 0. The molecule has 9 heteroatoms. The second kappa shape index (κ2) is 8.94. The molecular weight excluding hydrogens is 445 g/mol. The molecule has 2 aromatic heterocycles. The zero-order chi connectivity index (χ0) is 22.9. The zero-order valence-electron chi connectivity index (χ0n) is 18.2. The fourth-order valence-electron chi connectivity index (χ4n) is 4.20. The molecule has 33 heavy (non-hydrogen) atoms. The maximum Gasteiger partial charge on any atom is 0.257 e. The van der Waals surface area contributed by atoms with Crippen LogP contribution < -0.4 is 9.64 Å². The summed E-state index contributed by atoms with van der Waals surface area (Å²) in [4.78, 5) is 30.5. The van der Waals surface area contributed by atoms with Crippen LogP contribution >= 0.6 is 11.6 Å². The number of pyridine rings is 1. The van der Waals surface area contributed by atoms with Crippen molar-refractivity contribution in [3.8, 4) is 11.6 Å². The number of aryl methyl sites for hydroxylation is 1. The van der Waals surface area contributed by atoms with Gasteiger partial charge >= 0.3 is 0 Å². The molecule has 1 amide bonds. The van der Waals surface area contributed by atoms with Crippen molar-refractivity contribution in [1.82, 2.24) is 19.9 Å². The summed E-state index contributed by atoms with van der Waals surface area (Å²) in [5.41, 5.74) is 2.45. The van der Waals surface area contributed by atoms with E-state index in [2.05, 4.69) is 9.88 Å². The number of ether oxygens (including phenoxy) is 1. The maximum absolute atomic E-state index is 13.8. The molecule has 0 radical (unpaired) electrons. The largest absolute Gasteiger partial charge is 0.438 e. The summed E-state index contributed by atoms with van der Waals surface area (Å²) in [7, 11) is 0. The third-order valence-electron chi connectivity index (χ3n) is 6.02. The first-order chi connectivity index (χ1) is 16.0. The van der Waals surface area contributed by atoms with Gasteiger partial charge in [0.15, 0.2) is 0 Å². The van der Waals surface area contributed by atoms with Crippen LogP contribution in [0.4, 0.5) is 10.3 Å². The Balaban J connectivity index is 1.50. The molecule has 0 spiro atoms. The van der Waals surface area contributed by atoms with E-state index in [1.807, 2.05) is 0 Å². The average molecular weight is 468 g/mol. The molecule has 4 heterocycles. The lowest BCUT2D eigenvalue weighted by atomic mass is 10.1. The highest BCUT2D eigenvalue weighted by molar-refractivity contribution is 6.32. The van der Waals surface area contributed by atoms with Gasteiger partial charge in [-0.25, -0.2) is 14.4 Å². The Bertz CT molecular complexity index is 1220. The minimum absolute atomic E-state index is 0.173. The van der Waals surface area contributed by atoms with E-state index in [-0.39, 0.29) is 23.4 Å². The van der Waals surface area contributed by atoms with Crippen LogP contribution in [0.15, 0.2) is 36.5 Å². The monoisotopic (exact) mass is 467 g/mol. The molecule has 0 unspecified atom stereocenters. The predicted octanol–water partition coefficient (Wildman–Crippen LogP) is 4.56. The highest BCUT2D eigenvalue weighted by Gasteiger charge is 2.29. The van der Waals surface area contributed by atoms with Gasteiger partial charge in [0, 0.05) is 32.3 Å². The van der Waals surface area contributed by atoms with E-state index >= 15 is 0 Å². The average Bonchev–Trinajstić information content (AvgIpc) is 3.36. The minimum Gasteiger partial charge on any atom is -0.438 e. The smallest absolute Gasteiger partial charge is 0.257 e. The van der Waals surface area contributed by atoms with Crippen molar-refractivity contribution in [2.24, 2.45) is 0 Å². The topological polar surface area (TPSA) is 71.5 Å². The van der Waals surface area contributed by atoms with Gasteiger partial charge in [0.25, 0.3) is 5.91 Å². The number of anilines is 1. The number of carbonyl (C=O) groups is 1. The van der Waals surface area contributed by atoms with Crippen LogP contribution in [-0.4, -0.2) is 45.4 Å². The molecule has 3 aromatic rings. The van der Waals surface area contributed by atoms with Gasteiger partial charge < -0.3 is 14.5 Å². The third-order valence-corrected chi connectivity index (χ3v) is 6.32. The minimum atomic E-state index is -0.296. The Morgan fingerprint density at radius 2 is 1.97 bits per heavy atom. The number of fused-ring (bicyclic) bond motifs is 1. The van der Waals surface area contributed by atoms with Crippen LogP contribution in [0.3, 0.4) is 0 Å². The lowest BCUT2D eigenvalue weighted by Crippen LogP contribution is -2.37. The molecule has 2 aliphatic heterocycles. The number of halogens is 2. The van der Waals surface area contributed by atoms with E-state index in [0.29, 0.717) is 41.7 Å². The van der Waals surface area contributed by atoms with Crippen molar-refractivity contribution >= 4 is 23.5 Å². The SMILES string of the molecule is Cc1cc(Oc2nc(N3CCCC3)nc3c2CN(C(=O)c2cccnc2Cl)CC3)ccc1F. The number of rotatable bonds is 4. The van der Waals surface area contributed by atoms with Crippen molar-refractivity contribution in [2.45, 2.75) is 32.7 Å². The van der Waals surface area contributed by atoms with Crippen LogP contribution in [-0.2, 0) is 13.0 Å². The van der Waals surface area contributed by atoms with E-state index in [1.54, 1.807) is 42.3 Å². The highest BCUT2D eigenvalue weighted by Crippen LogP contribution is 2.33. The van der Waals surface area contributed by atoms with Gasteiger partial charge in [-0.1, -0.05) is 11.6 Å². The van der Waals surface area contributed by atoms with E-state index in [0.717, 1.165) is 37.2 Å². The van der Waals surface area contributed by atoms with Crippen molar-refractivity contribution in [3.05, 3.63) is 69.9 Å². The number of hydrogen-bond acceptors (Lipinski definition) is 6. The Labute approximate surface area is 196 Å². The second-order valence-electron chi connectivity index (χ2n) is 8.28. The molecule has 5 rings (SSSR count). The van der Waals surface area contributed by atoms with E-state index in [1.165, 1.54) is 6.07 Å². The Kier molecular flexibility index (Phi) is 5.85. The molecule has 170 valence electrons. The molecule has 7 nitrogen and oxygen atoms in total. The lowest BCUT2D eigenvalue weighted by molar-refractivity contribution is 0.0731. The highest BCUT2D eigenvalue weighted by atomic mass is 35.5. The standard InChI is InChI=1S/C24H23ClFN5O2/c1-15-13-16(6-7-19(15)26)33-22-18-14-31(23(32)17-5-4-9-27-21(17)25)12-8-20(18)28-24(29-22)30-10-2-3-11-30/h4-7,9,13H,2-3,8,10-12,14H2,1H3. The molecule has 0 bridgehead atoms. The van der Waals surface area contributed by atoms with Gasteiger partial charge in [0.1, 0.15) is 16.7 Å². The molecule has 1 fully saturated rings. The van der Waals surface area contributed by atoms with Crippen LogP contribution in [0.2, 0.25) is 5.15 Å². The number of carbonyl (C=O) groups excluding carboxylic acids is 1. The fourth-order valence-corrected chi connectivity index (χ4v) is 4.40. The first-order valence-corrected chi connectivity index (χ1v) is 11.4. The molecular formula is C24H23ClFN5O2. The van der Waals surface area contributed by atoms with Crippen molar-refractivity contribution < 1.29 is 13.9 Å². The van der Waals surface area contributed by atoms with Crippen molar-refractivity contribution in [1.29, 1.82) is 0 Å². The number of aromatic nitrogens is 3. The van der Waals surface area contributed by atoms with Gasteiger partial charge in [-0.05, 0) is 55.7 Å². The van der Waals surface area contributed by atoms with Crippen LogP contribution in [0.25, 0.3) is 0 Å². The van der Waals surface area contributed by atoms with Crippen LogP contribution in [0.5, 0.6) is 11.6 Å². The van der Waals surface area contributed by atoms with E-state index < -0.39 is 0 Å². The number of benzene rings is 1. The maximum atomic E-state index is 13.8. The molecule has 1 saturated heterocycles. The van der Waals surface area contributed by atoms with Crippen LogP contribution in [0, 0.1) is 12.7 Å². The number of amides is 1. The summed E-state index contributed by atoms with van der Waals surface area (Å²) in [6.45, 7) is 4.28. The van der Waals surface area contributed by atoms with E-state index in [9.17, 15) is 9.18 Å². The summed E-state index contributed by atoms with van der Waals surface area (Å²) < 4.78 is 19.9. The predicted molar refractivity (Wildman–Crippen MR) is 122 cm³/mol. The summed E-state index contributed by atoms with van der Waals surface area (Å²) in [6, 6.07) is 7.95. The van der Waals surface area contributed by atoms with Crippen molar-refractivity contribution in [2.75, 3.05) is 24.5 Å². The molecule has 0 aliphatic carbocycles. The quantitative estimate of drug-likeness (QED) is 0.524. The molecule has 1 aromatic carbocycles. The van der Waals surface area contributed by atoms with E-state index in [4.69, 9.17) is 26.3 Å². The van der Waals surface area contributed by atoms with Gasteiger partial charge in [-0.15, -0.1) is 0 Å². The summed E-state index contributed by atoms with van der Waals surface area (Å²) in [5.74, 6) is 1.01. The van der Waals surface area contributed by atoms with Crippen molar-refractivity contribution in [3.63, 3.8) is 0 Å². The molecule has 0 saturated carbocycles. The van der Waals surface area contributed by atoms with Gasteiger partial charge in [0.2, 0.25) is 11.8 Å². The third kappa shape index (κ3) is 4.35. The summed E-state index contributed by atoms with van der Waals surface area (Å²) in [5, 5.41) is 0.173. The van der Waals surface area contributed by atoms with Gasteiger partial charge in [-0.2, -0.15) is 4.98 Å². The second-order valence-corrected chi connectivity index (χ2v) is 8.64. The lowest BCUT2D eigenvalue weighted by Gasteiger charge is -2.30. The molecule has 0 N–H and O–H groups in total. The summed E-state index contributed by atoms with van der Waals surface area (Å²) >= 11 is 6.15. The van der Waals surface area contributed by atoms with Gasteiger partial charge in [-0.3, -0.25) is 4.79 Å². The Morgan fingerprint density at radius 3 is 2.73 bits per heavy atom.